The number of rotatable bonds is 12. The maximum atomic E-state index is 12.0. The molecule has 4 heteroatoms. The molecule has 3 nitrogen and oxygen atoms in total. The third kappa shape index (κ3) is 5.44. The van der Waals surface area contributed by atoms with Crippen molar-refractivity contribution in [2.75, 3.05) is 16.8 Å². The zero-order valence-electron chi connectivity index (χ0n) is 14.4. The monoisotopic (exact) mass is 393 g/mol. The smallest absolute Gasteiger partial charge is 0.299 e. The van der Waals surface area contributed by atoms with E-state index in [4.69, 9.17) is 0 Å². The minimum atomic E-state index is -0.361. The lowest BCUT2D eigenvalue weighted by Crippen LogP contribution is -2.30. The summed E-state index contributed by atoms with van der Waals surface area (Å²) in [4.78, 5) is 25.6. The van der Waals surface area contributed by atoms with Crippen LogP contribution < -0.4 is 4.90 Å². The number of carbonyl (C=O) groups excluding carboxylic acids is 2. The summed E-state index contributed by atoms with van der Waals surface area (Å²) in [5.74, 6) is -0.717. The van der Waals surface area contributed by atoms with E-state index in [2.05, 4.69) is 15.9 Å². The molecule has 0 bridgehead atoms. The average molecular weight is 394 g/mol. The van der Waals surface area contributed by atoms with E-state index >= 15 is 0 Å². The topological polar surface area (TPSA) is 37.4 Å². The molecule has 2 rings (SSSR count). The van der Waals surface area contributed by atoms with Crippen molar-refractivity contribution in [1.82, 2.24) is 0 Å². The Hall–Kier alpha value is -1.16. The molecule has 1 aromatic carbocycles. The Kier molecular flexibility index (Phi) is 8.51. The van der Waals surface area contributed by atoms with Gasteiger partial charge in [0.2, 0.25) is 0 Å². The second-order valence-corrected chi connectivity index (χ2v) is 7.32. The molecule has 0 saturated carbocycles. The number of alkyl halides is 1. The predicted octanol–water partition coefficient (Wildman–Crippen LogP) is 5.51. The summed E-state index contributed by atoms with van der Waals surface area (Å²) in [5.41, 5.74) is 1.35. The summed E-state index contributed by atoms with van der Waals surface area (Å²) in [6.45, 7) is 0.661. The van der Waals surface area contributed by atoms with E-state index in [1.54, 1.807) is 11.0 Å². The Labute approximate surface area is 153 Å². The highest BCUT2D eigenvalue weighted by atomic mass is 79.9. The third-order valence-corrected chi connectivity index (χ3v) is 5.20. The van der Waals surface area contributed by atoms with Gasteiger partial charge in [-0.1, -0.05) is 79.4 Å². The minimum Gasteiger partial charge on any atom is -0.305 e. The number of anilines is 1. The predicted molar refractivity (Wildman–Crippen MR) is 103 cm³/mol. The number of hydrogen-bond acceptors (Lipinski definition) is 2. The summed E-state index contributed by atoms with van der Waals surface area (Å²) >= 11 is 3.46. The number of fused-ring (bicyclic) bond motifs is 1. The molecule has 0 saturated heterocycles. The summed E-state index contributed by atoms with van der Waals surface area (Å²) in [6, 6.07) is 7.31. The van der Waals surface area contributed by atoms with E-state index in [9.17, 15) is 9.59 Å². The lowest BCUT2D eigenvalue weighted by atomic mass is 10.1. The molecule has 1 aromatic rings. The largest absolute Gasteiger partial charge is 0.305 e. The van der Waals surface area contributed by atoms with Crippen LogP contribution in [0.3, 0.4) is 0 Å². The normalized spacial score (nSPS) is 13.6. The number of amides is 1. The Morgan fingerprint density at radius 1 is 0.750 bits per heavy atom. The van der Waals surface area contributed by atoms with E-state index in [1.807, 2.05) is 18.2 Å². The minimum absolute atomic E-state index is 0.356. The second-order valence-electron chi connectivity index (χ2n) is 6.53. The van der Waals surface area contributed by atoms with Crippen molar-refractivity contribution in [3.8, 4) is 0 Å². The Morgan fingerprint density at radius 3 is 1.92 bits per heavy atom. The van der Waals surface area contributed by atoms with Crippen LogP contribution in [0.4, 0.5) is 5.69 Å². The molecule has 132 valence electrons. The molecule has 0 fully saturated rings. The second kappa shape index (κ2) is 10.7. The van der Waals surface area contributed by atoms with Gasteiger partial charge in [0.25, 0.3) is 11.7 Å². The van der Waals surface area contributed by atoms with Gasteiger partial charge in [0.1, 0.15) is 0 Å². The maximum Gasteiger partial charge on any atom is 0.299 e. The molecule has 1 aliphatic heterocycles. The molecule has 0 radical (unpaired) electrons. The number of nitrogens with zero attached hydrogens (tertiary/aromatic N) is 1. The van der Waals surface area contributed by atoms with Gasteiger partial charge in [-0.15, -0.1) is 0 Å². The third-order valence-electron chi connectivity index (χ3n) is 4.64. The maximum absolute atomic E-state index is 12.0. The first-order chi connectivity index (χ1) is 11.8. The highest BCUT2D eigenvalue weighted by Crippen LogP contribution is 2.28. The average Bonchev–Trinajstić information content (AvgIpc) is 2.84. The molecule has 0 aromatic heterocycles. The van der Waals surface area contributed by atoms with Gasteiger partial charge < -0.3 is 4.90 Å². The lowest BCUT2D eigenvalue weighted by Gasteiger charge is -2.16. The van der Waals surface area contributed by atoms with Gasteiger partial charge in [0, 0.05) is 11.9 Å². The van der Waals surface area contributed by atoms with Crippen LogP contribution in [-0.2, 0) is 4.79 Å². The quantitative estimate of drug-likeness (QED) is 0.266. The van der Waals surface area contributed by atoms with Crippen LogP contribution in [0.25, 0.3) is 0 Å². The molecule has 24 heavy (non-hydrogen) atoms. The molecule has 0 N–H and O–H groups in total. The fourth-order valence-corrected chi connectivity index (χ4v) is 3.65. The van der Waals surface area contributed by atoms with E-state index in [1.165, 1.54) is 51.4 Å². The summed E-state index contributed by atoms with van der Waals surface area (Å²) in [6.07, 6.45) is 12.6. The van der Waals surface area contributed by atoms with E-state index < -0.39 is 0 Å². The molecule has 1 heterocycles. The molecular formula is C20H28BrNO2. The van der Waals surface area contributed by atoms with Gasteiger partial charge in [-0.25, -0.2) is 0 Å². The first-order valence-electron chi connectivity index (χ1n) is 9.27. The Morgan fingerprint density at radius 2 is 1.29 bits per heavy atom. The van der Waals surface area contributed by atoms with Gasteiger partial charge >= 0.3 is 0 Å². The van der Waals surface area contributed by atoms with Crippen molar-refractivity contribution < 1.29 is 9.59 Å². The molecule has 0 spiro atoms. The van der Waals surface area contributed by atoms with Crippen molar-refractivity contribution in [1.29, 1.82) is 0 Å². The molecule has 0 unspecified atom stereocenters. The number of ketones is 1. The summed E-state index contributed by atoms with van der Waals surface area (Å²) in [7, 11) is 0. The summed E-state index contributed by atoms with van der Waals surface area (Å²) < 4.78 is 0. The highest BCUT2D eigenvalue weighted by Gasteiger charge is 2.34. The fraction of sp³-hybridized carbons (Fsp3) is 0.600. The van der Waals surface area contributed by atoms with Crippen LogP contribution in [0, 0.1) is 0 Å². The molecular weight excluding hydrogens is 366 g/mol. The van der Waals surface area contributed by atoms with Gasteiger partial charge in [-0.3, -0.25) is 9.59 Å². The zero-order valence-corrected chi connectivity index (χ0v) is 16.0. The Bertz CT molecular complexity index is 544. The van der Waals surface area contributed by atoms with Crippen LogP contribution in [0.15, 0.2) is 24.3 Å². The molecule has 1 aliphatic rings. The van der Waals surface area contributed by atoms with Crippen molar-refractivity contribution in [2.45, 2.75) is 64.2 Å². The molecule has 1 amide bonds. The number of unbranched alkanes of at least 4 members (excludes halogenated alkanes) is 9. The number of para-hydroxylation sites is 1. The molecule has 0 aliphatic carbocycles. The standard InChI is InChI=1S/C20H28BrNO2/c21-15-11-7-5-3-1-2-4-6-8-12-16-22-18-14-10-9-13-17(18)19(23)20(22)24/h9-10,13-14H,1-8,11-12,15-16H2. The van der Waals surface area contributed by atoms with Crippen LogP contribution in [-0.4, -0.2) is 23.6 Å². The highest BCUT2D eigenvalue weighted by molar-refractivity contribution is 9.09. The molecule has 0 atom stereocenters. The number of hydrogen-bond donors (Lipinski definition) is 0. The van der Waals surface area contributed by atoms with Crippen molar-refractivity contribution in [2.24, 2.45) is 0 Å². The van der Waals surface area contributed by atoms with E-state index in [0.717, 1.165) is 23.9 Å². The van der Waals surface area contributed by atoms with Gasteiger partial charge in [-0.2, -0.15) is 0 Å². The number of benzene rings is 1. The lowest BCUT2D eigenvalue weighted by molar-refractivity contribution is -0.114. The van der Waals surface area contributed by atoms with Crippen LogP contribution >= 0.6 is 15.9 Å². The van der Waals surface area contributed by atoms with Crippen molar-refractivity contribution >= 4 is 33.3 Å². The van der Waals surface area contributed by atoms with Gasteiger partial charge in [-0.05, 0) is 25.0 Å². The number of Topliss-reactive ketones (excluding diaryl/α,β-unsaturated/α-hetero) is 1. The first-order valence-corrected chi connectivity index (χ1v) is 10.4. The number of halogens is 1. The van der Waals surface area contributed by atoms with E-state index in [0.29, 0.717) is 12.1 Å². The zero-order chi connectivity index (χ0) is 17.2. The number of carbonyl (C=O) groups is 2. The van der Waals surface area contributed by atoms with Crippen LogP contribution in [0.5, 0.6) is 0 Å². The van der Waals surface area contributed by atoms with Crippen molar-refractivity contribution in [3.63, 3.8) is 0 Å². The Balaban J connectivity index is 1.55. The fourth-order valence-electron chi connectivity index (χ4n) is 3.25. The van der Waals surface area contributed by atoms with Gasteiger partial charge in [0.05, 0.1) is 11.3 Å². The van der Waals surface area contributed by atoms with Crippen molar-refractivity contribution in [3.05, 3.63) is 29.8 Å². The van der Waals surface area contributed by atoms with Gasteiger partial charge in [0.15, 0.2) is 0 Å². The SMILES string of the molecule is O=C1C(=O)N(CCCCCCCCCCCCBr)c2ccccc21. The summed E-state index contributed by atoms with van der Waals surface area (Å²) in [5, 5.41) is 1.13. The first kappa shape index (κ1) is 19.2. The van der Waals surface area contributed by atoms with Crippen LogP contribution in [0.1, 0.15) is 74.6 Å². The van der Waals surface area contributed by atoms with E-state index in [-0.39, 0.29) is 11.7 Å². The van der Waals surface area contributed by atoms with Crippen LogP contribution in [0.2, 0.25) is 0 Å².